The molecule has 0 aliphatic carbocycles. The molecule has 1 amide bonds. The summed E-state index contributed by atoms with van der Waals surface area (Å²) in [4.78, 5) is 21.7. The first-order valence-corrected chi connectivity index (χ1v) is 5.55. The van der Waals surface area contributed by atoms with Crippen LogP contribution in [0.3, 0.4) is 0 Å². The molecule has 0 fully saturated rings. The largest absolute Gasteiger partial charge is 0.342 e. The van der Waals surface area contributed by atoms with Crippen molar-refractivity contribution in [3.05, 3.63) is 39.9 Å². The molecule has 1 N–H and O–H groups in total. The van der Waals surface area contributed by atoms with Gasteiger partial charge in [-0.05, 0) is 12.0 Å². The minimum absolute atomic E-state index is 0.0238. The first-order chi connectivity index (χ1) is 8.56. The summed E-state index contributed by atoms with van der Waals surface area (Å²) in [7, 11) is 0. The van der Waals surface area contributed by atoms with Crippen molar-refractivity contribution < 1.29 is 9.72 Å². The zero-order valence-electron chi connectivity index (χ0n) is 10.1. The summed E-state index contributed by atoms with van der Waals surface area (Å²) in [5.41, 5.74) is 0.567. The molecule has 0 radical (unpaired) electrons. The van der Waals surface area contributed by atoms with Crippen molar-refractivity contribution in [1.29, 1.82) is 0 Å². The number of benzene rings is 1. The van der Waals surface area contributed by atoms with Crippen LogP contribution >= 0.6 is 0 Å². The Hall–Kier alpha value is -2.35. The molecule has 0 saturated carbocycles. The maximum absolute atomic E-state index is 11.6. The number of hydrogen-bond acceptors (Lipinski definition) is 3. The SMILES string of the molecule is C#CC(CC)NC(=O)Cc1cccc([N+](=O)[O-])c1. The van der Waals surface area contributed by atoms with E-state index in [0.29, 0.717) is 12.0 Å². The van der Waals surface area contributed by atoms with Gasteiger partial charge < -0.3 is 5.32 Å². The van der Waals surface area contributed by atoms with Crippen molar-refractivity contribution in [3.63, 3.8) is 0 Å². The van der Waals surface area contributed by atoms with Gasteiger partial charge >= 0.3 is 0 Å². The first kappa shape index (κ1) is 13.7. The maximum atomic E-state index is 11.6. The Kier molecular flexibility index (Phi) is 4.88. The number of nitrogens with zero attached hydrogens (tertiary/aromatic N) is 1. The minimum Gasteiger partial charge on any atom is -0.342 e. The lowest BCUT2D eigenvalue weighted by Gasteiger charge is -2.10. The summed E-state index contributed by atoms with van der Waals surface area (Å²) in [5.74, 6) is 2.22. The number of nitro groups is 1. The average Bonchev–Trinajstić information content (AvgIpc) is 2.36. The fourth-order valence-electron chi connectivity index (χ4n) is 1.47. The molecule has 1 rings (SSSR count). The number of amides is 1. The number of terminal acetylenes is 1. The standard InChI is InChI=1S/C13H14N2O3/c1-3-11(4-2)14-13(16)9-10-6-5-7-12(8-10)15(17)18/h1,5-8,11H,4,9H2,2H3,(H,14,16). The molecular formula is C13H14N2O3. The lowest BCUT2D eigenvalue weighted by Crippen LogP contribution is -2.34. The second-order valence-electron chi connectivity index (χ2n) is 3.80. The molecule has 0 saturated heterocycles. The highest BCUT2D eigenvalue weighted by Crippen LogP contribution is 2.13. The lowest BCUT2D eigenvalue weighted by molar-refractivity contribution is -0.384. The lowest BCUT2D eigenvalue weighted by atomic mass is 10.1. The van der Waals surface area contributed by atoms with Gasteiger partial charge in [-0.15, -0.1) is 6.42 Å². The van der Waals surface area contributed by atoms with Crippen molar-refractivity contribution in [1.82, 2.24) is 5.32 Å². The van der Waals surface area contributed by atoms with E-state index in [0.717, 1.165) is 0 Å². The Morgan fingerprint density at radius 2 is 2.33 bits per heavy atom. The van der Waals surface area contributed by atoms with Gasteiger partial charge in [0, 0.05) is 12.1 Å². The van der Waals surface area contributed by atoms with Crippen LogP contribution in [0.1, 0.15) is 18.9 Å². The van der Waals surface area contributed by atoms with E-state index in [-0.39, 0.29) is 24.1 Å². The van der Waals surface area contributed by atoms with Gasteiger partial charge in [-0.3, -0.25) is 14.9 Å². The van der Waals surface area contributed by atoms with Crippen LogP contribution in [-0.4, -0.2) is 16.9 Å². The molecule has 5 nitrogen and oxygen atoms in total. The van der Waals surface area contributed by atoms with Crippen LogP contribution in [0.5, 0.6) is 0 Å². The maximum Gasteiger partial charge on any atom is 0.269 e. The van der Waals surface area contributed by atoms with Gasteiger partial charge in [-0.25, -0.2) is 0 Å². The van der Waals surface area contributed by atoms with Crippen molar-refractivity contribution in [2.75, 3.05) is 0 Å². The molecule has 1 aromatic carbocycles. The highest BCUT2D eigenvalue weighted by atomic mass is 16.6. The Morgan fingerprint density at radius 1 is 1.61 bits per heavy atom. The molecule has 0 bridgehead atoms. The van der Waals surface area contributed by atoms with Crippen LogP contribution in [0, 0.1) is 22.5 Å². The van der Waals surface area contributed by atoms with Crippen LogP contribution in [0.4, 0.5) is 5.69 Å². The van der Waals surface area contributed by atoms with E-state index in [1.165, 1.54) is 12.1 Å². The summed E-state index contributed by atoms with van der Waals surface area (Å²) in [5, 5.41) is 13.3. The Bertz CT molecular complexity index is 491. The number of nitro benzene ring substituents is 1. The van der Waals surface area contributed by atoms with Gasteiger partial charge in [0.05, 0.1) is 17.4 Å². The fraction of sp³-hybridized carbons (Fsp3) is 0.308. The third-order valence-electron chi connectivity index (χ3n) is 2.43. The van der Waals surface area contributed by atoms with Gasteiger partial charge in [0.15, 0.2) is 0 Å². The molecular weight excluding hydrogens is 232 g/mol. The van der Waals surface area contributed by atoms with Crippen molar-refractivity contribution in [3.8, 4) is 12.3 Å². The van der Waals surface area contributed by atoms with Gasteiger partial charge in [-0.1, -0.05) is 25.0 Å². The highest BCUT2D eigenvalue weighted by molar-refractivity contribution is 5.79. The molecule has 1 atom stereocenters. The van der Waals surface area contributed by atoms with Crippen LogP contribution in [-0.2, 0) is 11.2 Å². The number of hydrogen-bond donors (Lipinski definition) is 1. The fourth-order valence-corrected chi connectivity index (χ4v) is 1.47. The van der Waals surface area contributed by atoms with E-state index in [1.54, 1.807) is 12.1 Å². The number of carbonyl (C=O) groups is 1. The van der Waals surface area contributed by atoms with Crippen molar-refractivity contribution >= 4 is 11.6 Å². The average molecular weight is 246 g/mol. The number of nitrogens with one attached hydrogen (secondary N) is 1. The van der Waals surface area contributed by atoms with E-state index < -0.39 is 4.92 Å². The summed E-state index contributed by atoms with van der Waals surface area (Å²) >= 11 is 0. The second-order valence-corrected chi connectivity index (χ2v) is 3.80. The predicted molar refractivity (Wildman–Crippen MR) is 67.9 cm³/mol. The van der Waals surface area contributed by atoms with E-state index in [9.17, 15) is 14.9 Å². The van der Waals surface area contributed by atoms with E-state index in [2.05, 4.69) is 11.2 Å². The third kappa shape index (κ3) is 3.91. The summed E-state index contributed by atoms with van der Waals surface area (Å²) in [6.45, 7) is 1.87. The van der Waals surface area contributed by atoms with Crippen LogP contribution in [0.25, 0.3) is 0 Å². The Labute approximate surface area is 105 Å². The zero-order valence-corrected chi connectivity index (χ0v) is 10.1. The molecule has 0 heterocycles. The second kappa shape index (κ2) is 6.40. The van der Waals surface area contributed by atoms with Gasteiger partial charge in [-0.2, -0.15) is 0 Å². The molecule has 94 valence electrons. The molecule has 0 spiro atoms. The molecule has 18 heavy (non-hydrogen) atoms. The van der Waals surface area contributed by atoms with E-state index in [4.69, 9.17) is 6.42 Å². The smallest absolute Gasteiger partial charge is 0.269 e. The molecule has 1 aromatic rings. The molecule has 0 aromatic heterocycles. The van der Waals surface area contributed by atoms with Gasteiger partial charge in [0.25, 0.3) is 5.69 Å². The quantitative estimate of drug-likeness (QED) is 0.488. The third-order valence-corrected chi connectivity index (χ3v) is 2.43. The van der Waals surface area contributed by atoms with E-state index >= 15 is 0 Å². The summed E-state index contributed by atoms with van der Waals surface area (Å²) in [6.07, 6.45) is 5.97. The normalized spacial score (nSPS) is 11.3. The highest BCUT2D eigenvalue weighted by Gasteiger charge is 2.11. The van der Waals surface area contributed by atoms with Crippen LogP contribution in [0.15, 0.2) is 24.3 Å². The van der Waals surface area contributed by atoms with Crippen LogP contribution in [0.2, 0.25) is 0 Å². The number of carbonyl (C=O) groups excluding carboxylic acids is 1. The molecule has 1 unspecified atom stereocenters. The summed E-state index contributed by atoms with van der Waals surface area (Å²) < 4.78 is 0. The number of rotatable bonds is 5. The summed E-state index contributed by atoms with van der Waals surface area (Å²) in [6, 6.07) is 5.70. The molecule has 5 heteroatoms. The van der Waals surface area contributed by atoms with Gasteiger partial charge in [0.1, 0.15) is 0 Å². The minimum atomic E-state index is -0.488. The molecule has 0 aliphatic heterocycles. The Balaban J connectivity index is 2.68. The van der Waals surface area contributed by atoms with Gasteiger partial charge in [0.2, 0.25) is 5.91 Å². The topological polar surface area (TPSA) is 72.2 Å². The molecule has 0 aliphatic rings. The van der Waals surface area contributed by atoms with Crippen LogP contribution < -0.4 is 5.32 Å². The zero-order chi connectivity index (χ0) is 13.5. The number of non-ortho nitro benzene ring substituents is 1. The van der Waals surface area contributed by atoms with Crippen molar-refractivity contribution in [2.45, 2.75) is 25.8 Å². The van der Waals surface area contributed by atoms with E-state index in [1.807, 2.05) is 6.92 Å². The first-order valence-electron chi connectivity index (χ1n) is 5.55. The predicted octanol–water partition coefficient (Wildman–Crippen LogP) is 1.67. The monoisotopic (exact) mass is 246 g/mol. The Morgan fingerprint density at radius 3 is 2.89 bits per heavy atom. The van der Waals surface area contributed by atoms with Crippen molar-refractivity contribution in [2.24, 2.45) is 0 Å².